The summed E-state index contributed by atoms with van der Waals surface area (Å²) in [6.45, 7) is 0. The standard InChI is InChI=1S/C13H14ClFN2/c14-10-4-5-12(11(15)8-10)17-13(9-16)6-2-1-3-7-13/h4-5,8,17H,1-3,6-7H2. The van der Waals surface area contributed by atoms with Gasteiger partial charge >= 0.3 is 0 Å². The lowest BCUT2D eigenvalue weighted by Gasteiger charge is -2.32. The number of rotatable bonds is 2. The number of nitrogens with zero attached hydrogens (tertiary/aromatic N) is 1. The summed E-state index contributed by atoms with van der Waals surface area (Å²) in [5.74, 6) is -0.405. The van der Waals surface area contributed by atoms with Gasteiger partial charge in [-0.25, -0.2) is 4.39 Å². The van der Waals surface area contributed by atoms with Crippen LogP contribution in [-0.4, -0.2) is 5.54 Å². The highest BCUT2D eigenvalue weighted by atomic mass is 35.5. The minimum Gasteiger partial charge on any atom is -0.365 e. The number of nitriles is 1. The van der Waals surface area contributed by atoms with Crippen LogP contribution in [0.25, 0.3) is 0 Å². The summed E-state index contributed by atoms with van der Waals surface area (Å²) >= 11 is 5.70. The molecule has 1 saturated carbocycles. The third-order valence-corrected chi connectivity index (χ3v) is 3.46. The molecule has 2 nitrogen and oxygen atoms in total. The average molecular weight is 253 g/mol. The van der Waals surface area contributed by atoms with Crippen molar-refractivity contribution in [1.82, 2.24) is 0 Å². The zero-order valence-corrected chi connectivity index (χ0v) is 10.2. The van der Waals surface area contributed by atoms with Crippen molar-refractivity contribution < 1.29 is 4.39 Å². The highest BCUT2D eigenvalue weighted by Crippen LogP contribution is 2.32. The van der Waals surface area contributed by atoms with Crippen molar-refractivity contribution in [1.29, 1.82) is 5.26 Å². The van der Waals surface area contributed by atoms with Crippen LogP contribution in [0, 0.1) is 17.1 Å². The molecule has 0 spiro atoms. The Morgan fingerprint density at radius 3 is 2.59 bits per heavy atom. The molecule has 0 heterocycles. The van der Waals surface area contributed by atoms with E-state index in [4.69, 9.17) is 11.6 Å². The Bertz CT molecular complexity index is 447. The van der Waals surface area contributed by atoms with Crippen molar-refractivity contribution in [3.8, 4) is 6.07 Å². The monoisotopic (exact) mass is 252 g/mol. The summed E-state index contributed by atoms with van der Waals surface area (Å²) in [6.07, 6.45) is 4.71. The van der Waals surface area contributed by atoms with Crippen molar-refractivity contribution in [2.45, 2.75) is 37.6 Å². The first-order chi connectivity index (χ1) is 8.15. The number of anilines is 1. The van der Waals surface area contributed by atoms with E-state index in [1.807, 2.05) is 0 Å². The quantitative estimate of drug-likeness (QED) is 0.860. The van der Waals surface area contributed by atoms with Crippen LogP contribution in [0.15, 0.2) is 18.2 Å². The van der Waals surface area contributed by atoms with E-state index in [0.717, 1.165) is 32.1 Å². The molecule has 1 fully saturated rings. The Morgan fingerprint density at radius 1 is 1.29 bits per heavy atom. The second-order valence-corrected chi connectivity index (χ2v) is 4.94. The predicted molar refractivity (Wildman–Crippen MR) is 66.5 cm³/mol. The second kappa shape index (κ2) is 4.93. The Labute approximate surface area is 105 Å². The summed E-state index contributed by atoms with van der Waals surface area (Å²) in [5.41, 5.74) is -0.259. The predicted octanol–water partition coefficient (Wildman–Crippen LogP) is 4.12. The average Bonchev–Trinajstić information content (AvgIpc) is 2.34. The molecule has 0 aliphatic heterocycles. The van der Waals surface area contributed by atoms with Crippen LogP contribution in [0.2, 0.25) is 5.02 Å². The summed E-state index contributed by atoms with van der Waals surface area (Å²) in [7, 11) is 0. The molecule has 1 N–H and O–H groups in total. The van der Waals surface area contributed by atoms with E-state index < -0.39 is 11.4 Å². The van der Waals surface area contributed by atoms with Gasteiger partial charge in [-0.1, -0.05) is 30.9 Å². The largest absolute Gasteiger partial charge is 0.365 e. The van der Waals surface area contributed by atoms with Crippen LogP contribution >= 0.6 is 11.6 Å². The molecule has 0 amide bonds. The van der Waals surface area contributed by atoms with Crippen molar-refractivity contribution in [3.05, 3.63) is 29.0 Å². The second-order valence-electron chi connectivity index (χ2n) is 4.50. The molecule has 0 unspecified atom stereocenters. The van der Waals surface area contributed by atoms with E-state index in [-0.39, 0.29) is 0 Å². The molecule has 1 aliphatic rings. The molecule has 0 atom stereocenters. The third kappa shape index (κ3) is 2.70. The fourth-order valence-electron chi connectivity index (χ4n) is 2.27. The molecule has 0 aromatic heterocycles. The van der Waals surface area contributed by atoms with Crippen LogP contribution in [0.1, 0.15) is 32.1 Å². The fourth-order valence-corrected chi connectivity index (χ4v) is 2.43. The highest BCUT2D eigenvalue weighted by molar-refractivity contribution is 6.30. The zero-order valence-electron chi connectivity index (χ0n) is 9.47. The molecule has 4 heteroatoms. The molecule has 1 aromatic carbocycles. The molecular weight excluding hydrogens is 239 g/mol. The topological polar surface area (TPSA) is 35.8 Å². The summed E-state index contributed by atoms with van der Waals surface area (Å²) in [6, 6.07) is 6.77. The number of hydrogen-bond donors (Lipinski definition) is 1. The smallest absolute Gasteiger partial charge is 0.147 e. The first-order valence-electron chi connectivity index (χ1n) is 5.80. The summed E-state index contributed by atoms with van der Waals surface area (Å²) in [4.78, 5) is 0. The van der Waals surface area contributed by atoms with Crippen LogP contribution in [0.5, 0.6) is 0 Å². The normalized spacial score (nSPS) is 18.4. The third-order valence-electron chi connectivity index (χ3n) is 3.23. The van der Waals surface area contributed by atoms with Gasteiger partial charge in [-0.15, -0.1) is 0 Å². The maximum Gasteiger partial charge on any atom is 0.147 e. The van der Waals surface area contributed by atoms with Crippen molar-refractivity contribution >= 4 is 17.3 Å². The van der Waals surface area contributed by atoms with E-state index in [1.54, 1.807) is 12.1 Å². The SMILES string of the molecule is N#CC1(Nc2ccc(Cl)cc2F)CCCCC1. The van der Waals surface area contributed by atoms with Gasteiger partial charge < -0.3 is 5.32 Å². The van der Waals surface area contributed by atoms with Gasteiger partial charge in [-0.2, -0.15) is 5.26 Å². The molecule has 1 aliphatic carbocycles. The number of hydrogen-bond acceptors (Lipinski definition) is 2. The zero-order chi connectivity index (χ0) is 12.3. The minimum atomic E-state index is -0.618. The van der Waals surface area contributed by atoms with Gasteiger partial charge in [0.15, 0.2) is 0 Å². The fraction of sp³-hybridized carbons (Fsp3) is 0.462. The van der Waals surface area contributed by atoms with Crippen molar-refractivity contribution in [2.75, 3.05) is 5.32 Å². The van der Waals surface area contributed by atoms with Crippen molar-refractivity contribution in [2.24, 2.45) is 0 Å². The Hall–Kier alpha value is -1.27. The van der Waals surface area contributed by atoms with Gasteiger partial charge in [0.05, 0.1) is 11.8 Å². The van der Waals surface area contributed by atoms with Crippen LogP contribution < -0.4 is 5.32 Å². The number of nitrogens with one attached hydrogen (secondary N) is 1. The molecule has 17 heavy (non-hydrogen) atoms. The molecule has 0 saturated heterocycles. The molecule has 90 valence electrons. The van der Waals surface area contributed by atoms with E-state index in [2.05, 4.69) is 11.4 Å². The summed E-state index contributed by atoms with van der Waals surface area (Å²) in [5, 5.41) is 12.7. The van der Waals surface area contributed by atoms with E-state index >= 15 is 0 Å². The van der Waals surface area contributed by atoms with Crippen molar-refractivity contribution in [3.63, 3.8) is 0 Å². The van der Waals surface area contributed by atoms with E-state index in [0.29, 0.717) is 10.7 Å². The Morgan fingerprint density at radius 2 is 2.00 bits per heavy atom. The van der Waals surface area contributed by atoms with Gasteiger partial charge in [0.1, 0.15) is 11.4 Å². The van der Waals surface area contributed by atoms with Crippen LogP contribution in [-0.2, 0) is 0 Å². The number of halogens is 2. The highest BCUT2D eigenvalue weighted by Gasteiger charge is 2.32. The Kier molecular flexibility index (Phi) is 3.54. The lowest BCUT2D eigenvalue weighted by Crippen LogP contribution is -2.38. The van der Waals surface area contributed by atoms with Crippen LogP contribution in [0.3, 0.4) is 0 Å². The van der Waals surface area contributed by atoms with Gasteiger partial charge in [-0.3, -0.25) is 0 Å². The van der Waals surface area contributed by atoms with Gasteiger partial charge in [0.25, 0.3) is 0 Å². The van der Waals surface area contributed by atoms with Gasteiger partial charge in [-0.05, 0) is 31.0 Å². The van der Waals surface area contributed by atoms with E-state index in [9.17, 15) is 9.65 Å². The van der Waals surface area contributed by atoms with E-state index in [1.165, 1.54) is 6.07 Å². The summed E-state index contributed by atoms with van der Waals surface area (Å²) < 4.78 is 13.7. The molecule has 0 bridgehead atoms. The molecular formula is C13H14ClFN2. The van der Waals surface area contributed by atoms with Gasteiger partial charge in [0, 0.05) is 5.02 Å². The Balaban J connectivity index is 2.21. The first kappa shape index (κ1) is 12.2. The number of benzene rings is 1. The minimum absolute atomic E-state index is 0.359. The molecule has 1 aromatic rings. The maximum absolute atomic E-state index is 13.7. The lowest BCUT2D eigenvalue weighted by atomic mass is 9.82. The van der Waals surface area contributed by atoms with Gasteiger partial charge in [0.2, 0.25) is 0 Å². The molecule has 0 radical (unpaired) electrons. The first-order valence-corrected chi connectivity index (χ1v) is 6.17. The maximum atomic E-state index is 13.7. The van der Waals surface area contributed by atoms with Crippen LogP contribution in [0.4, 0.5) is 10.1 Å². The molecule has 2 rings (SSSR count). The lowest BCUT2D eigenvalue weighted by molar-refractivity contribution is 0.391.